The Balaban J connectivity index is 1.64. The van der Waals surface area contributed by atoms with Crippen molar-refractivity contribution in [2.24, 2.45) is 5.92 Å². The number of Topliss-reactive ketones (excluding diaryl/α,β-unsaturated/α-hetero) is 1. The predicted octanol–water partition coefficient (Wildman–Crippen LogP) is 1.90. The third-order valence-corrected chi connectivity index (χ3v) is 5.53. The Morgan fingerprint density at radius 1 is 1.17 bits per heavy atom. The maximum absolute atomic E-state index is 12.8. The third-order valence-electron chi connectivity index (χ3n) is 5.53. The van der Waals surface area contributed by atoms with Crippen molar-refractivity contribution in [3.8, 4) is 0 Å². The quantitative estimate of drug-likeness (QED) is 0.729. The Morgan fingerprint density at radius 3 is 2.38 bits per heavy atom. The molecule has 0 saturated carbocycles. The van der Waals surface area contributed by atoms with Crippen LogP contribution in [0.2, 0.25) is 0 Å². The number of nitrogens with one attached hydrogen (secondary N) is 2. The molecule has 0 bridgehead atoms. The highest BCUT2D eigenvalue weighted by molar-refractivity contribution is 5.99. The first kappa shape index (κ1) is 21.3. The molecule has 7 heteroatoms. The van der Waals surface area contributed by atoms with Crippen LogP contribution < -0.4 is 15.5 Å². The molecule has 2 N–H and O–H groups in total. The summed E-state index contributed by atoms with van der Waals surface area (Å²) < 4.78 is 5.29. The lowest BCUT2D eigenvalue weighted by Gasteiger charge is -2.23. The number of amides is 2. The van der Waals surface area contributed by atoms with Crippen molar-refractivity contribution in [1.82, 2.24) is 10.6 Å². The fraction of sp³-hybridized carbons (Fsp3) is 0.591. The van der Waals surface area contributed by atoms with E-state index in [2.05, 4.69) is 15.5 Å². The van der Waals surface area contributed by atoms with Gasteiger partial charge in [0.15, 0.2) is 5.78 Å². The summed E-state index contributed by atoms with van der Waals surface area (Å²) in [4.78, 5) is 39.7. The van der Waals surface area contributed by atoms with Gasteiger partial charge in [-0.05, 0) is 56.4 Å². The van der Waals surface area contributed by atoms with Crippen LogP contribution >= 0.6 is 0 Å². The molecule has 2 heterocycles. The van der Waals surface area contributed by atoms with Crippen LogP contribution in [0.25, 0.3) is 0 Å². The molecule has 0 unspecified atom stereocenters. The second-order valence-corrected chi connectivity index (χ2v) is 8.37. The molecule has 0 aliphatic carbocycles. The number of ketones is 1. The van der Waals surface area contributed by atoms with E-state index < -0.39 is 12.1 Å². The van der Waals surface area contributed by atoms with Gasteiger partial charge in [-0.2, -0.15) is 0 Å². The van der Waals surface area contributed by atoms with Gasteiger partial charge in [0, 0.05) is 24.3 Å². The third kappa shape index (κ3) is 5.35. The van der Waals surface area contributed by atoms with Gasteiger partial charge in [-0.25, -0.2) is 0 Å². The average molecular weight is 402 g/mol. The van der Waals surface area contributed by atoms with E-state index in [4.69, 9.17) is 4.74 Å². The molecule has 7 nitrogen and oxygen atoms in total. The summed E-state index contributed by atoms with van der Waals surface area (Å²) in [5.74, 6) is -0.577. The van der Waals surface area contributed by atoms with Gasteiger partial charge in [0.1, 0.15) is 18.7 Å². The summed E-state index contributed by atoms with van der Waals surface area (Å²) in [6.07, 6.45) is 2.52. The van der Waals surface area contributed by atoms with E-state index in [1.54, 1.807) is 19.1 Å². The van der Waals surface area contributed by atoms with Crippen molar-refractivity contribution in [3.63, 3.8) is 0 Å². The molecule has 29 heavy (non-hydrogen) atoms. The van der Waals surface area contributed by atoms with Gasteiger partial charge >= 0.3 is 0 Å². The van der Waals surface area contributed by atoms with Gasteiger partial charge in [0.25, 0.3) is 5.91 Å². The van der Waals surface area contributed by atoms with Crippen LogP contribution in [0.1, 0.15) is 50.4 Å². The highest BCUT2D eigenvalue weighted by Crippen LogP contribution is 2.20. The maximum atomic E-state index is 12.8. The number of ether oxygens (including phenoxy) is 1. The molecule has 2 aliphatic heterocycles. The highest BCUT2D eigenvalue weighted by atomic mass is 16.5. The van der Waals surface area contributed by atoms with E-state index >= 15 is 0 Å². The van der Waals surface area contributed by atoms with E-state index in [0.717, 1.165) is 18.8 Å². The topological polar surface area (TPSA) is 87.7 Å². The van der Waals surface area contributed by atoms with Crippen LogP contribution in [-0.2, 0) is 14.3 Å². The molecule has 158 valence electrons. The fourth-order valence-corrected chi connectivity index (χ4v) is 3.86. The summed E-state index contributed by atoms with van der Waals surface area (Å²) in [6, 6.07) is 6.13. The van der Waals surface area contributed by atoms with Crippen LogP contribution in [0.15, 0.2) is 24.3 Å². The van der Waals surface area contributed by atoms with Crippen molar-refractivity contribution in [2.75, 3.05) is 24.6 Å². The Labute approximate surface area is 172 Å². The number of nitrogens with zero attached hydrogens (tertiary/aromatic N) is 1. The van der Waals surface area contributed by atoms with Crippen LogP contribution in [0, 0.1) is 5.92 Å². The molecule has 2 amide bonds. The predicted molar refractivity (Wildman–Crippen MR) is 111 cm³/mol. The van der Waals surface area contributed by atoms with Crippen molar-refractivity contribution in [1.29, 1.82) is 0 Å². The minimum Gasteiger partial charge on any atom is -0.372 e. The molecule has 3 rings (SSSR count). The number of rotatable bonds is 7. The number of carbonyl (C=O) groups is 3. The maximum Gasteiger partial charge on any atom is 0.251 e. The molecule has 0 spiro atoms. The highest BCUT2D eigenvalue weighted by Gasteiger charge is 2.35. The summed E-state index contributed by atoms with van der Waals surface area (Å²) in [6.45, 7) is 7.84. The number of hydrogen-bond acceptors (Lipinski definition) is 5. The molecule has 0 aromatic heterocycles. The zero-order chi connectivity index (χ0) is 21.0. The number of carbonyl (C=O) groups excluding carboxylic acids is 3. The minimum atomic E-state index is -0.707. The van der Waals surface area contributed by atoms with Crippen LogP contribution in [0.5, 0.6) is 0 Å². The van der Waals surface area contributed by atoms with Crippen LogP contribution in [0.3, 0.4) is 0 Å². The van der Waals surface area contributed by atoms with Crippen molar-refractivity contribution < 1.29 is 19.1 Å². The monoisotopic (exact) mass is 401 g/mol. The number of benzene rings is 1. The Hall–Kier alpha value is -2.41. The zero-order valence-electron chi connectivity index (χ0n) is 17.4. The van der Waals surface area contributed by atoms with Gasteiger partial charge in [0.05, 0.1) is 6.10 Å². The first-order valence-corrected chi connectivity index (χ1v) is 10.5. The van der Waals surface area contributed by atoms with E-state index in [-0.39, 0.29) is 36.2 Å². The van der Waals surface area contributed by atoms with Crippen molar-refractivity contribution in [2.45, 2.75) is 58.2 Å². The molecule has 1 aromatic carbocycles. The molecular weight excluding hydrogens is 370 g/mol. The van der Waals surface area contributed by atoms with E-state index in [9.17, 15) is 14.4 Å². The van der Waals surface area contributed by atoms with Crippen molar-refractivity contribution >= 4 is 23.3 Å². The molecule has 3 atom stereocenters. The minimum absolute atomic E-state index is 0.0106. The van der Waals surface area contributed by atoms with E-state index in [1.807, 2.05) is 26.0 Å². The van der Waals surface area contributed by atoms with Gasteiger partial charge in [-0.3, -0.25) is 14.4 Å². The van der Waals surface area contributed by atoms with E-state index in [1.165, 1.54) is 12.8 Å². The smallest absolute Gasteiger partial charge is 0.251 e. The number of hydrogen-bond donors (Lipinski definition) is 2. The lowest BCUT2D eigenvalue weighted by Crippen LogP contribution is -2.53. The standard InChI is InChI=1S/C22H31N3O4/c1-14(2)12-18(22(28)24-20-15(3)29-13-19(20)26)23-21(27)16-6-8-17(9-7-16)25-10-4-5-11-25/h6-9,14-15,18,20H,4-5,10-13H2,1-3H3,(H,23,27)(H,24,28)/t15-,18+,20-/m1/s1. The summed E-state index contributed by atoms with van der Waals surface area (Å²) >= 11 is 0. The Morgan fingerprint density at radius 2 is 1.83 bits per heavy atom. The van der Waals surface area contributed by atoms with Gasteiger partial charge < -0.3 is 20.3 Å². The van der Waals surface area contributed by atoms with Crippen LogP contribution in [0.4, 0.5) is 5.69 Å². The van der Waals surface area contributed by atoms with Gasteiger partial charge in [-0.1, -0.05) is 13.8 Å². The fourth-order valence-electron chi connectivity index (χ4n) is 3.86. The van der Waals surface area contributed by atoms with E-state index in [0.29, 0.717) is 12.0 Å². The lowest BCUT2D eigenvalue weighted by atomic mass is 10.0. The lowest BCUT2D eigenvalue weighted by molar-refractivity contribution is -0.127. The Bertz CT molecular complexity index is 741. The SMILES string of the molecule is CC(C)C[C@H](NC(=O)c1ccc(N2CCCC2)cc1)C(=O)N[C@H]1C(=O)CO[C@@H]1C. The zero-order valence-corrected chi connectivity index (χ0v) is 17.4. The Kier molecular flexibility index (Phi) is 6.90. The largest absolute Gasteiger partial charge is 0.372 e. The molecular formula is C22H31N3O4. The van der Waals surface area contributed by atoms with Gasteiger partial charge in [0.2, 0.25) is 5.91 Å². The molecule has 2 aliphatic rings. The number of anilines is 1. The average Bonchev–Trinajstić information content (AvgIpc) is 3.33. The molecule has 2 fully saturated rings. The normalized spacial score (nSPS) is 22.8. The second kappa shape index (κ2) is 9.39. The molecule has 1 aromatic rings. The molecule has 2 saturated heterocycles. The first-order chi connectivity index (χ1) is 13.8. The molecule has 0 radical (unpaired) electrons. The summed E-state index contributed by atoms with van der Waals surface area (Å²) in [7, 11) is 0. The second-order valence-electron chi connectivity index (χ2n) is 8.37. The summed E-state index contributed by atoms with van der Waals surface area (Å²) in [5, 5.41) is 5.59. The van der Waals surface area contributed by atoms with Crippen LogP contribution in [-0.4, -0.2) is 55.5 Å². The van der Waals surface area contributed by atoms with Crippen molar-refractivity contribution in [3.05, 3.63) is 29.8 Å². The summed E-state index contributed by atoms with van der Waals surface area (Å²) in [5.41, 5.74) is 1.63. The van der Waals surface area contributed by atoms with Gasteiger partial charge in [-0.15, -0.1) is 0 Å². The first-order valence-electron chi connectivity index (χ1n) is 10.5.